The molecule has 0 aromatic carbocycles. The molecule has 0 amide bonds. The highest BCUT2D eigenvalue weighted by Gasteiger charge is 2.26. The molecule has 0 saturated heterocycles. The third-order valence-corrected chi connectivity index (χ3v) is 7.30. The Morgan fingerprint density at radius 3 is 1.64 bits per heavy atom. The van der Waals surface area contributed by atoms with Crippen molar-refractivity contribution in [3.05, 3.63) is 0 Å². The second-order valence-corrected chi connectivity index (χ2v) is 12.4. The van der Waals surface area contributed by atoms with Gasteiger partial charge in [-0.3, -0.25) is 9.79 Å². The molecule has 1 aliphatic heterocycles. The molecule has 1 atom stereocenters. The van der Waals surface area contributed by atoms with Crippen molar-refractivity contribution in [1.82, 2.24) is 4.90 Å². The molecule has 1 N–H and O–H groups in total. The van der Waals surface area contributed by atoms with Crippen molar-refractivity contribution in [3.63, 3.8) is 0 Å². The van der Waals surface area contributed by atoms with Gasteiger partial charge in [0.15, 0.2) is 0 Å². The quantitative estimate of drug-likeness (QED) is 0.110. The number of quaternary nitrogens is 1. The Labute approximate surface area is 241 Å². The number of aliphatic imine (C=N–C) groups is 1. The number of rotatable bonds is 24. The molecule has 1 unspecified atom stereocenters. The number of unbranched alkanes of at least 4 members (excludes halogenated alkanes) is 15. The van der Waals surface area contributed by atoms with Gasteiger partial charge in [-0.2, -0.15) is 0 Å². The molecule has 0 aliphatic carbocycles. The van der Waals surface area contributed by atoms with Gasteiger partial charge in [0, 0.05) is 19.0 Å². The molecule has 0 radical (unpaired) electrons. The Morgan fingerprint density at radius 2 is 1.28 bits per heavy atom. The van der Waals surface area contributed by atoms with Crippen molar-refractivity contribution in [2.75, 3.05) is 40.8 Å². The van der Waals surface area contributed by atoms with Gasteiger partial charge < -0.3 is 24.4 Å². The average molecular weight is 554 g/mol. The van der Waals surface area contributed by atoms with E-state index in [0.717, 1.165) is 32.4 Å². The second kappa shape index (κ2) is 24.2. The van der Waals surface area contributed by atoms with Crippen LogP contribution in [0.1, 0.15) is 142 Å². The summed E-state index contributed by atoms with van der Waals surface area (Å²) in [6.07, 6.45) is 25.5. The minimum Gasteiger partial charge on any atom is -0.544 e. The third-order valence-electron chi connectivity index (χ3n) is 7.30. The van der Waals surface area contributed by atoms with Crippen LogP contribution in [0.25, 0.3) is 0 Å². The molecule has 1 rings (SSSR count). The van der Waals surface area contributed by atoms with Gasteiger partial charge in [0.25, 0.3) is 0 Å². The van der Waals surface area contributed by atoms with Gasteiger partial charge in [-0.15, -0.1) is 0 Å². The zero-order valence-electron chi connectivity index (χ0n) is 26.4. The fourth-order valence-electron chi connectivity index (χ4n) is 5.24. The zero-order chi connectivity index (χ0) is 29.4. The molecule has 230 valence electrons. The first-order valence-electron chi connectivity index (χ1n) is 16.1. The lowest BCUT2D eigenvalue weighted by molar-refractivity contribution is -0.864. The van der Waals surface area contributed by atoms with Gasteiger partial charge in [0.1, 0.15) is 6.54 Å². The number of carbonyl (C=O) groups excluding carboxylic acids is 1. The molecule has 7 heteroatoms. The summed E-state index contributed by atoms with van der Waals surface area (Å²) in [5.74, 6) is -0.519. The summed E-state index contributed by atoms with van der Waals surface area (Å²) in [7, 11) is 5.40. The van der Waals surface area contributed by atoms with E-state index in [2.05, 4.69) is 23.7 Å². The van der Waals surface area contributed by atoms with Crippen LogP contribution >= 0.6 is 0 Å². The average Bonchev–Trinajstić information content (AvgIpc) is 3.30. The minimum atomic E-state index is -1.00. The molecule has 0 fully saturated rings. The maximum absolute atomic E-state index is 11.2. The molecular formula is C32H63N3O4. The highest BCUT2D eigenvalue weighted by molar-refractivity contribution is 5.84. The Kier molecular flexibility index (Phi) is 23.2. The lowest BCUT2D eigenvalue weighted by Gasteiger charge is -2.29. The number of amidine groups is 1. The number of likely N-dealkylation sites (N-methyl/N-ethyl adjacent to an activating group) is 1. The molecule has 0 aromatic heterocycles. The van der Waals surface area contributed by atoms with Crippen molar-refractivity contribution in [1.29, 1.82) is 0 Å². The van der Waals surface area contributed by atoms with E-state index in [4.69, 9.17) is 0 Å². The van der Waals surface area contributed by atoms with Crippen LogP contribution in [0.2, 0.25) is 0 Å². The number of hydrogen-bond acceptors (Lipinski definition) is 5. The summed E-state index contributed by atoms with van der Waals surface area (Å²) >= 11 is 0. The first-order valence-corrected chi connectivity index (χ1v) is 16.1. The molecule has 0 spiro atoms. The van der Waals surface area contributed by atoms with Crippen molar-refractivity contribution in [2.24, 2.45) is 4.99 Å². The minimum absolute atomic E-state index is 0.0694. The van der Waals surface area contributed by atoms with E-state index in [-0.39, 0.29) is 19.0 Å². The maximum Gasteiger partial charge on any atom is 0.305 e. The SMILES string of the molecule is CCCCCCCCCCCCCCCCCCC1=NCCN1C(CCC)CC(=O)O.C[N+](C)(C)CC(=O)[O-]. The molecule has 0 bridgehead atoms. The van der Waals surface area contributed by atoms with Gasteiger partial charge in [-0.05, 0) is 12.8 Å². The van der Waals surface area contributed by atoms with Gasteiger partial charge in [0.2, 0.25) is 0 Å². The molecule has 0 aromatic rings. The normalized spacial score (nSPS) is 14.1. The number of carboxylic acid groups (broad SMARTS) is 2. The number of aliphatic carboxylic acids is 2. The predicted molar refractivity (Wildman–Crippen MR) is 162 cm³/mol. The van der Waals surface area contributed by atoms with Crippen LogP contribution in [0.3, 0.4) is 0 Å². The summed E-state index contributed by atoms with van der Waals surface area (Å²) < 4.78 is 0.419. The third kappa shape index (κ3) is 23.9. The van der Waals surface area contributed by atoms with E-state index in [1.807, 2.05) is 0 Å². The number of carbonyl (C=O) groups is 2. The first-order chi connectivity index (χ1) is 18.6. The van der Waals surface area contributed by atoms with Crippen LogP contribution in [-0.2, 0) is 9.59 Å². The van der Waals surface area contributed by atoms with Crippen LogP contribution in [0.15, 0.2) is 4.99 Å². The van der Waals surface area contributed by atoms with Crippen molar-refractivity contribution in [3.8, 4) is 0 Å². The second-order valence-electron chi connectivity index (χ2n) is 12.4. The van der Waals surface area contributed by atoms with Crippen LogP contribution in [0.5, 0.6) is 0 Å². The standard InChI is InChI=1S/C27H52N2O2.C5H11NO2/c1-3-5-6-7-8-9-10-11-12-13-14-15-16-17-18-19-21-26-28-22-23-29(26)25(20-4-2)24-27(30)31;1-6(2,3)4-5(7)8/h25H,3-24H2,1-2H3,(H,30,31);4H2,1-3H3. The van der Waals surface area contributed by atoms with E-state index in [1.165, 1.54) is 109 Å². The molecule has 39 heavy (non-hydrogen) atoms. The monoisotopic (exact) mass is 553 g/mol. The zero-order valence-corrected chi connectivity index (χ0v) is 26.4. The number of hydrogen-bond donors (Lipinski definition) is 1. The molecule has 1 heterocycles. The van der Waals surface area contributed by atoms with Crippen LogP contribution in [0, 0.1) is 0 Å². The Hall–Kier alpha value is -1.63. The summed E-state index contributed by atoms with van der Waals surface area (Å²) in [4.78, 5) is 28.1. The van der Waals surface area contributed by atoms with Gasteiger partial charge >= 0.3 is 5.97 Å². The Balaban J connectivity index is 0.00000156. The maximum atomic E-state index is 11.2. The molecular weight excluding hydrogens is 490 g/mol. The van der Waals surface area contributed by atoms with Crippen LogP contribution in [-0.4, -0.2) is 79.1 Å². The Bertz CT molecular complexity index is 646. The van der Waals surface area contributed by atoms with Gasteiger partial charge in [0.05, 0.1) is 45.9 Å². The van der Waals surface area contributed by atoms with E-state index in [1.54, 1.807) is 21.1 Å². The fourth-order valence-corrected chi connectivity index (χ4v) is 5.24. The smallest absolute Gasteiger partial charge is 0.305 e. The summed E-state index contributed by atoms with van der Waals surface area (Å²) in [6.45, 7) is 6.24. The highest BCUT2D eigenvalue weighted by Crippen LogP contribution is 2.20. The predicted octanol–water partition coefficient (Wildman–Crippen LogP) is 6.44. The fraction of sp³-hybridized carbons (Fsp3) is 0.906. The van der Waals surface area contributed by atoms with E-state index >= 15 is 0 Å². The number of nitrogens with zero attached hydrogens (tertiary/aromatic N) is 3. The summed E-state index contributed by atoms with van der Waals surface area (Å²) in [5, 5.41) is 19.1. The lowest BCUT2D eigenvalue weighted by atomic mass is 10.0. The van der Waals surface area contributed by atoms with Crippen molar-refractivity contribution < 1.29 is 24.3 Å². The van der Waals surface area contributed by atoms with E-state index < -0.39 is 11.9 Å². The lowest BCUT2D eigenvalue weighted by Crippen LogP contribution is -2.45. The van der Waals surface area contributed by atoms with Crippen molar-refractivity contribution >= 4 is 17.8 Å². The summed E-state index contributed by atoms with van der Waals surface area (Å²) in [6, 6.07) is 0.129. The topological polar surface area (TPSA) is 93.0 Å². The van der Waals surface area contributed by atoms with Gasteiger partial charge in [-0.1, -0.05) is 117 Å². The number of carboxylic acids is 2. The highest BCUT2D eigenvalue weighted by atomic mass is 16.4. The van der Waals surface area contributed by atoms with E-state index in [9.17, 15) is 19.8 Å². The summed E-state index contributed by atoms with van der Waals surface area (Å²) in [5.41, 5.74) is 0. The molecule has 0 saturated carbocycles. The molecule has 7 nitrogen and oxygen atoms in total. The van der Waals surface area contributed by atoms with Crippen molar-refractivity contribution in [2.45, 2.75) is 148 Å². The largest absolute Gasteiger partial charge is 0.544 e. The van der Waals surface area contributed by atoms with Gasteiger partial charge in [-0.25, -0.2) is 0 Å². The molecule has 1 aliphatic rings. The Morgan fingerprint density at radius 1 is 0.821 bits per heavy atom. The first kappa shape index (κ1) is 37.4. The van der Waals surface area contributed by atoms with Crippen LogP contribution < -0.4 is 5.11 Å². The van der Waals surface area contributed by atoms with Crippen LogP contribution in [0.4, 0.5) is 0 Å². The van der Waals surface area contributed by atoms with E-state index in [0.29, 0.717) is 4.48 Å².